The Labute approximate surface area is 127 Å². The summed E-state index contributed by atoms with van der Waals surface area (Å²) in [6.07, 6.45) is 5.69. The van der Waals surface area contributed by atoms with E-state index in [1.54, 1.807) is 24.4 Å². The highest BCUT2D eigenvalue weighted by atomic mass is 19.1. The molecule has 1 heterocycles. The molecule has 1 aromatic heterocycles. The number of pyridine rings is 1. The molecule has 2 saturated carbocycles. The maximum atomic E-state index is 14.1. The van der Waals surface area contributed by atoms with E-state index in [1.165, 1.54) is 12.5 Å². The molecule has 22 heavy (non-hydrogen) atoms. The fourth-order valence-corrected chi connectivity index (χ4v) is 3.85. The van der Waals surface area contributed by atoms with Gasteiger partial charge >= 0.3 is 0 Å². The van der Waals surface area contributed by atoms with E-state index >= 15 is 0 Å². The molecule has 2 aromatic rings. The zero-order valence-electron chi connectivity index (χ0n) is 12.2. The number of nitrogens with one attached hydrogen (secondary N) is 1. The number of nitrogens with two attached hydrogens (primary N) is 1. The van der Waals surface area contributed by atoms with Crippen molar-refractivity contribution in [3.8, 4) is 0 Å². The standard InChI is InChI=1S/C17H18FN3O/c18-12-8-11(7-10-3-1-6-20-15(10)12)16(22)21-14-9-13(19)17(14)4-2-5-17/h1,3,6-8,13-14H,2,4-5,9,19H2,(H,21,22). The lowest BCUT2D eigenvalue weighted by molar-refractivity contribution is -0.0389. The molecular formula is C17H18FN3O. The average molecular weight is 299 g/mol. The number of carbonyl (C=O) groups is 1. The Balaban J connectivity index is 1.58. The van der Waals surface area contributed by atoms with Crippen molar-refractivity contribution in [2.45, 2.75) is 37.8 Å². The molecule has 2 unspecified atom stereocenters. The second-order valence-corrected chi connectivity index (χ2v) is 6.49. The Morgan fingerprint density at radius 1 is 1.41 bits per heavy atom. The second kappa shape index (κ2) is 4.74. The van der Waals surface area contributed by atoms with Crippen molar-refractivity contribution in [1.82, 2.24) is 10.3 Å². The lowest BCUT2D eigenvalue weighted by atomic mass is 9.50. The van der Waals surface area contributed by atoms with Gasteiger partial charge in [0.25, 0.3) is 5.91 Å². The van der Waals surface area contributed by atoms with Crippen LogP contribution in [0, 0.1) is 11.2 Å². The smallest absolute Gasteiger partial charge is 0.251 e. The Bertz CT molecular complexity index is 757. The summed E-state index contributed by atoms with van der Waals surface area (Å²) >= 11 is 0. The Morgan fingerprint density at radius 2 is 2.23 bits per heavy atom. The molecule has 1 amide bonds. The fraction of sp³-hybridized carbons (Fsp3) is 0.412. The van der Waals surface area contributed by atoms with Crippen molar-refractivity contribution in [3.63, 3.8) is 0 Å². The maximum Gasteiger partial charge on any atom is 0.251 e. The van der Waals surface area contributed by atoms with Gasteiger partial charge in [0.05, 0.1) is 0 Å². The first-order valence-corrected chi connectivity index (χ1v) is 7.71. The summed E-state index contributed by atoms with van der Waals surface area (Å²) in [5.74, 6) is -0.695. The summed E-state index contributed by atoms with van der Waals surface area (Å²) in [7, 11) is 0. The van der Waals surface area contributed by atoms with Gasteiger partial charge in [0, 0.05) is 34.6 Å². The topological polar surface area (TPSA) is 68.0 Å². The number of amides is 1. The maximum absolute atomic E-state index is 14.1. The molecule has 0 radical (unpaired) electrons. The Morgan fingerprint density at radius 3 is 2.91 bits per heavy atom. The number of hydrogen-bond acceptors (Lipinski definition) is 3. The van der Waals surface area contributed by atoms with Gasteiger partial charge in [-0.3, -0.25) is 9.78 Å². The SMILES string of the molecule is NC1CC(NC(=O)c2cc(F)c3ncccc3c2)C12CCC2. The Hall–Kier alpha value is -2.01. The van der Waals surface area contributed by atoms with E-state index in [4.69, 9.17) is 5.73 Å². The zero-order chi connectivity index (χ0) is 15.3. The van der Waals surface area contributed by atoms with Gasteiger partial charge in [-0.2, -0.15) is 0 Å². The van der Waals surface area contributed by atoms with Crippen molar-refractivity contribution < 1.29 is 9.18 Å². The largest absolute Gasteiger partial charge is 0.349 e. The van der Waals surface area contributed by atoms with E-state index < -0.39 is 5.82 Å². The van der Waals surface area contributed by atoms with Crippen LogP contribution in [0.3, 0.4) is 0 Å². The van der Waals surface area contributed by atoms with E-state index in [-0.39, 0.29) is 23.4 Å². The molecule has 3 N–H and O–H groups in total. The highest BCUT2D eigenvalue weighted by Gasteiger charge is 2.57. The average Bonchev–Trinajstić information content (AvgIpc) is 2.44. The molecule has 1 spiro atoms. The normalized spacial score (nSPS) is 25.5. The number of hydrogen-bond donors (Lipinski definition) is 2. The highest BCUT2D eigenvalue weighted by Crippen LogP contribution is 2.55. The van der Waals surface area contributed by atoms with Crippen LogP contribution < -0.4 is 11.1 Å². The third-order valence-electron chi connectivity index (χ3n) is 5.43. The number of nitrogens with zero attached hydrogens (tertiary/aromatic N) is 1. The van der Waals surface area contributed by atoms with Crippen LogP contribution in [-0.2, 0) is 0 Å². The van der Waals surface area contributed by atoms with Crippen LogP contribution in [0.2, 0.25) is 0 Å². The van der Waals surface area contributed by atoms with E-state index in [1.807, 2.05) is 0 Å². The summed E-state index contributed by atoms with van der Waals surface area (Å²) in [4.78, 5) is 16.4. The molecule has 2 aliphatic rings. The number of benzene rings is 1. The number of aromatic nitrogens is 1. The van der Waals surface area contributed by atoms with Gasteiger partial charge in [-0.05, 0) is 37.5 Å². The number of fused-ring (bicyclic) bond motifs is 1. The highest BCUT2D eigenvalue weighted by molar-refractivity contribution is 5.98. The van der Waals surface area contributed by atoms with E-state index in [2.05, 4.69) is 10.3 Å². The van der Waals surface area contributed by atoms with Gasteiger partial charge in [-0.25, -0.2) is 4.39 Å². The first-order chi connectivity index (χ1) is 10.6. The molecule has 5 heteroatoms. The minimum atomic E-state index is -0.466. The third-order valence-corrected chi connectivity index (χ3v) is 5.43. The van der Waals surface area contributed by atoms with Gasteiger partial charge in [0.2, 0.25) is 0 Å². The van der Waals surface area contributed by atoms with Crippen LogP contribution in [-0.4, -0.2) is 23.0 Å². The van der Waals surface area contributed by atoms with Crippen LogP contribution in [0.1, 0.15) is 36.0 Å². The zero-order valence-corrected chi connectivity index (χ0v) is 12.2. The monoisotopic (exact) mass is 299 g/mol. The van der Waals surface area contributed by atoms with Gasteiger partial charge < -0.3 is 11.1 Å². The Kier molecular flexibility index (Phi) is 2.94. The lowest BCUT2D eigenvalue weighted by Crippen LogP contribution is -2.69. The summed E-state index contributed by atoms with van der Waals surface area (Å²) < 4.78 is 14.1. The molecule has 0 bridgehead atoms. The van der Waals surface area contributed by atoms with Crippen LogP contribution in [0.5, 0.6) is 0 Å². The molecular weight excluding hydrogens is 281 g/mol. The molecule has 2 fully saturated rings. The number of rotatable bonds is 2. The van der Waals surface area contributed by atoms with Crippen molar-refractivity contribution >= 4 is 16.8 Å². The first-order valence-electron chi connectivity index (χ1n) is 7.71. The molecule has 0 aliphatic heterocycles. The van der Waals surface area contributed by atoms with Crippen LogP contribution in [0.25, 0.3) is 10.9 Å². The van der Waals surface area contributed by atoms with Crippen LogP contribution >= 0.6 is 0 Å². The molecule has 114 valence electrons. The minimum absolute atomic E-state index is 0.0899. The summed E-state index contributed by atoms with van der Waals surface area (Å²) in [6.45, 7) is 0. The quantitative estimate of drug-likeness (QED) is 0.894. The lowest BCUT2D eigenvalue weighted by Gasteiger charge is -2.60. The summed E-state index contributed by atoms with van der Waals surface area (Å²) in [5, 5.41) is 3.68. The molecule has 2 aliphatic carbocycles. The first kappa shape index (κ1) is 13.6. The molecule has 4 rings (SSSR count). The van der Waals surface area contributed by atoms with Crippen molar-refractivity contribution in [2.75, 3.05) is 0 Å². The molecule has 1 aromatic carbocycles. The van der Waals surface area contributed by atoms with Gasteiger partial charge in [-0.15, -0.1) is 0 Å². The van der Waals surface area contributed by atoms with Crippen molar-refractivity contribution in [3.05, 3.63) is 41.8 Å². The number of halogens is 1. The van der Waals surface area contributed by atoms with Gasteiger partial charge in [0.1, 0.15) is 11.3 Å². The molecule has 4 nitrogen and oxygen atoms in total. The second-order valence-electron chi connectivity index (χ2n) is 6.49. The van der Waals surface area contributed by atoms with Gasteiger partial charge in [-0.1, -0.05) is 12.5 Å². The van der Waals surface area contributed by atoms with E-state index in [9.17, 15) is 9.18 Å². The van der Waals surface area contributed by atoms with Gasteiger partial charge in [0.15, 0.2) is 0 Å². The predicted octanol–water partition coefficient (Wildman–Crippen LogP) is 2.37. The summed E-state index contributed by atoms with van der Waals surface area (Å²) in [5.41, 5.74) is 6.82. The fourth-order valence-electron chi connectivity index (χ4n) is 3.85. The predicted molar refractivity (Wildman–Crippen MR) is 81.8 cm³/mol. The van der Waals surface area contributed by atoms with E-state index in [0.717, 1.165) is 19.3 Å². The minimum Gasteiger partial charge on any atom is -0.349 e. The molecule has 0 saturated heterocycles. The van der Waals surface area contributed by atoms with Crippen molar-refractivity contribution in [1.29, 1.82) is 0 Å². The third kappa shape index (κ3) is 1.85. The molecule has 2 atom stereocenters. The van der Waals surface area contributed by atoms with Crippen LogP contribution in [0.4, 0.5) is 4.39 Å². The number of carbonyl (C=O) groups excluding carboxylic acids is 1. The van der Waals surface area contributed by atoms with E-state index in [0.29, 0.717) is 16.5 Å². The van der Waals surface area contributed by atoms with Crippen LogP contribution in [0.15, 0.2) is 30.5 Å². The van der Waals surface area contributed by atoms with Crippen molar-refractivity contribution in [2.24, 2.45) is 11.1 Å². The summed E-state index contributed by atoms with van der Waals surface area (Å²) in [6, 6.07) is 6.75.